The lowest BCUT2D eigenvalue weighted by Gasteiger charge is -2.15. The summed E-state index contributed by atoms with van der Waals surface area (Å²) in [5.74, 6) is -2.43. The molecule has 2 amide bonds. The number of aliphatic carboxylic acids is 2. The number of nitrogens with one attached hydrogen (secondary N) is 2. The van der Waals surface area contributed by atoms with Gasteiger partial charge in [-0.05, 0) is 31.0 Å². The molecule has 0 saturated heterocycles. The number of hydrogen-bond acceptors (Lipinski definition) is 3. The second-order valence-electron chi connectivity index (χ2n) is 4.38. The zero-order chi connectivity index (χ0) is 16.0. The highest BCUT2D eigenvalue weighted by atomic mass is 35.5. The van der Waals surface area contributed by atoms with Gasteiger partial charge in [-0.2, -0.15) is 0 Å². The maximum Gasteiger partial charge on any atom is 0.326 e. The van der Waals surface area contributed by atoms with Crippen molar-refractivity contribution in [3.05, 3.63) is 28.8 Å². The van der Waals surface area contributed by atoms with Crippen LogP contribution in [0.3, 0.4) is 0 Å². The minimum absolute atomic E-state index is 0.202. The maximum absolute atomic E-state index is 11.8. The highest BCUT2D eigenvalue weighted by molar-refractivity contribution is 6.31. The number of benzene rings is 1. The Morgan fingerprint density at radius 3 is 2.52 bits per heavy atom. The summed E-state index contributed by atoms with van der Waals surface area (Å²) in [7, 11) is 0. The second kappa shape index (κ2) is 7.49. The van der Waals surface area contributed by atoms with Gasteiger partial charge in [-0.15, -0.1) is 0 Å². The Bertz CT molecular complexity index is 561. The van der Waals surface area contributed by atoms with Crippen LogP contribution in [0.4, 0.5) is 10.5 Å². The highest BCUT2D eigenvalue weighted by Crippen LogP contribution is 2.20. The minimum Gasteiger partial charge on any atom is -0.481 e. The van der Waals surface area contributed by atoms with Gasteiger partial charge in [0.1, 0.15) is 6.04 Å². The molecule has 114 valence electrons. The van der Waals surface area contributed by atoms with Gasteiger partial charge in [0.15, 0.2) is 0 Å². The van der Waals surface area contributed by atoms with Gasteiger partial charge in [-0.25, -0.2) is 9.59 Å². The van der Waals surface area contributed by atoms with Crippen molar-refractivity contribution in [2.45, 2.75) is 25.8 Å². The molecule has 21 heavy (non-hydrogen) atoms. The Morgan fingerprint density at radius 2 is 1.95 bits per heavy atom. The molecule has 1 atom stereocenters. The van der Waals surface area contributed by atoms with Gasteiger partial charge < -0.3 is 20.8 Å². The Labute approximate surface area is 125 Å². The van der Waals surface area contributed by atoms with Crippen LogP contribution < -0.4 is 10.6 Å². The summed E-state index contributed by atoms with van der Waals surface area (Å²) in [4.78, 5) is 33.2. The number of carboxylic acids is 2. The van der Waals surface area contributed by atoms with Crippen LogP contribution >= 0.6 is 11.6 Å². The summed E-state index contributed by atoms with van der Waals surface area (Å²) in [5.41, 5.74) is 1.20. The average Bonchev–Trinajstić information content (AvgIpc) is 2.38. The molecule has 0 radical (unpaired) electrons. The summed E-state index contributed by atoms with van der Waals surface area (Å²) in [5, 5.41) is 22.6. The molecule has 4 N–H and O–H groups in total. The monoisotopic (exact) mass is 314 g/mol. The molecule has 0 heterocycles. The molecule has 1 aromatic carbocycles. The summed E-state index contributed by atoms with van der Waals surface area (Å²) in [6, 6.07) is 2.88. The SMILES string of the molecule is Cc1ccc(Cl)cc1NC(=O)N[C@@H](CCC(=O)O)C(=O)O. The molecule has 7 nitrogen and oxygen atoms in total. The molecular weight excluding hydrogens is 300 g/mol. The lowest BCUT2D eigenvalue weighted by atomic mass is 10.1. The zero-order valence-corrected chi connectivity index (χ0v) is 12.0. The quantitative estimate of drug-likeness (QED) is 0.641. The van der Waals surface area contributed by atoms with E-state index in [4.69, 9.17) is 21.8 Å². The first-order chi connectivity index (χ1) is 9.79. The Hall–Kier alpha value is -2.28. The lowest BCUT2D eigenvalue weighted by molar-refractivity contribution is -0.140. The van der Waals surface area contributed by atoms with E-state index in [-0.39, 0.29) is 12.8 Å². The number of hydrogen-bond donors (Lipinski definition) is 4. The van der Waals surface area contributed by atoms with Gasteiger partial charge in [0.2, 0.25) is 0 Å². The van der Waals surface area contributed by atoms with Crippen molar-refractivity contribution in [1.29, 1.82) is 0 Å². The van der Waals surface area contributed by atoms with Crippen LogP contribution in [-0.4, -0.2) is 34.2 Å². The van der Waals surface area contributed by atoms with E-state index in [9.17, 15) is 14.4 Å². The van der Waals surface area contributed by atoms with Crippen molar-refractivity contribution >= 4 is 35.3 Å². The van der Waals surface area contributed by atoms with Crippen LogP contribution in [0, 0.1) is 6.92 Å². The van der Waals surface area contributed by atoms with Gasteiger partial charge >= 0.3 is 18.0 Å². The first-order valence-corrected chi connectivity index (χ1v) is 6.45. The number of anilines is 1. The summed E-state index contributed by atoms with van der Waals surface area (Å²) < 4.78 is 0. The molecule has 8 heteroatoms. The first kappa shape index (κ1) is 16.8. The van der Waals surface area contributed by atoms with Gasteiger partial charge in [0.05, 0.1) is 0 Å². The van der Waals surface area contributed by atoms with Crippen molar-refractivity contribution in [2.24, 2.45) is 0 Å². The van der Waals surface area contributed by atoms with Crippen LogP contribution in [0.15, 0.2) is 18.2 Å². The van der Waals surface area contributed by atoms with Crippen molar-refractivity contribution < 1.29 is 24.6 Å². The van der Waals surface area contributed by atoms with Crippen molar-refractivity contribution in [2.75, 3.05) is 5.32 Å². The average molecular weight is 315 g/mol. The van der Waals surface area contributed by atoms with E-state index in [1.165, 1.54) is 6.07 Å². The van der Waals surface area contributed by atoms with E-state index in [1.54, 1.807) is 19.1 Å². The van der Waals surface area contributed by atoms with E-state index in [2.05, 4.69) is 10.6 Å². The van der Waals surface area contributed by atoms with Crippen LogP contribution in [-0.2, 0) is 9.59 Å². The van der Waals surface area contributed by atoms with E-state index < -0.39 is 24.0 Å². The minimum atomic E-state index is -1.30. The van der Waals surface area contributed by atoms with E-state index in [0.29, 0.717) is 10.7 Å². The molecule has 0 fully saturated rings. The van der Waals surface area contributed by atoms with Gasteiger partial charge in [-0.3, -0.25) is 4.79 Å². The predicted molar refractivity (Wildman–Crippen MR) is 76.6 cm³/mol. The third kappa shape index (κ3) is 5.70. The molecule has 0 aliphatic rings. The standard InChI is InChI=1S/C13H15ClN2O5/c1-7-2-3-8(14)6-10(7)16-13(21)15-9(12(19)20)4-5-11(17)18/h2-3,6,9H,4-5H2,1H3,(H,17,18)(H,19,20)(H2,15,16,21)/t9-/m0/s1. The van der Waals surface area contributed by atoms with E-state index in [0.717, 1.165) is 5.56 Å². The number of amides is 2. The topological polar surface area (TPSA) is 116 Å². The van der Waals surface area contributed by atoms with E-state index in [1.807, 2.05) is 0 Å². The van der Waals surface area contributed by atoms with Crippen LogP contribution in [0.1, 0.15) is 18.4 Å². The Balaban J connectivity index is 2.67. The molecular formula is C13H15ClN2O5. The zero-order valence-electron chi connectivity index (χ0n) is 11.2. The normalized spacial score (nSPS) is 11.5. The largest absolute Gasteiger partial charge is 0.481 e. The number of urea groups is 1. The first-order valence-electron chi connectivity index (χ1n) is 6.08. The Kier molecular flexibility index (Phi) is 5.98. The molecule has 0 aliphatic carbocycles. The highest BCUT2D eigenvalue weighted by Gasteiger charge is 2.21. The van der Waals surface area contributed by atoms with Gasteiger partial charge in [0.25, 0.3) is 0 Å². The Morgan fingerprint density at radius 1 is 1.29 bits per heavy atom. The number of carboxylic acid groups (broad SMARTS) is 2. The number of aryl methyl sites for hydroxylation is 1. The molecule has 0 aromatic heterocycles. The number of carbonyl (C=O) groups is 3. The third-order valence-corrected chi connectivity index (χ3v) is 2.93. The molecule has 1 rings (SSSR count). The van der Waals surface area contributed by atoms with Gasteiger partial charge in [0, 0.05) is 17.1 Å². The second-order valence-corrected chi connectivity index (χ2v) is 4.82. The van der Waals surface area contributed by atoms with Crippen molar-refractivity contribution in [3.63, 3.8) is 0 Å². The predicted octanol–water partition coefficient (Wildman–Crippen LogP) is 2.09. The van der Waals surface area contributed by atoms with Crippen LogP contribution in [0.25, 0.3) is 0 Å². The fourth-order valence-electron chi connectivity index (χ4n) is 1.57. The smallest absolute Gasteiger partial charge is 0.326 e. The maximum atomic E-state index is 11.8. The molecule has 0 bridgehead atoms. The lowest BCUT2D eigenvalue weighted by Crippen LogP contribution is -2.43. The molecule has 0 unspecified atom stereocenters. The molecule has 1 aromatic rings. The third-order valence-electron chi connectivity index (χ3n) is 2.70. The van der Waals surface area contributed by atoms with Crippen molar-refractivity contribution in [1.82, 2.24) is 5.32 Å². The molecule has 0 saturated carbocycles. The summed E-state index contributed by atoms with van der Waals surface area (Å²) in [6.45, 7) is 1.76. The van der Waals surface area contributed by atoms with Crippen LogP contribution in [0.2, 0.25) is 5.02 Å². The molecule has 0 aliphatic heterocycles. The summed E-state index contributed by atoms with van der Waals surface area (Å²) in [6.07, 6.45) is -0.556. The number of rotatable bonds is 6. The van der Waals surface area contributed by atoms with E-state index >= 15 is 0 Å². The van der Waals surface area contributed by atoms with Crippen LogP contribution in [0.5, 0.6) is 0 Å². The van der Waals surface area contributed by atoms with Crippen molar-refractivity contribution in [3.8, 4) is 0 Å². The number of halogens is 1. The summed E-state index contributed by atoms with van der Waals surface area (Å²) >= 11 is 5.81. The molecule has 0 spiro atoms. The number of carbonyl (C=O) groups excluding carboxylic acids is 1. The fraction of sp³-hybridized carbons (Fsp3) is 0.308. The fourth-order valence-corrected chi connectivity index (χ4v) is 1.74. The van der Waals surface area contributed by atoms with Gasteiger partial charge in [-0.1, -0.05) is 17.7 Å².